The summed E-state index contributed by atoms with van der Waals surface area (Å²) in [6.07, 6.45) is 0. The second kappa shape index (κ2) is 5.77. The smallest absolute Gasteiger partial charge is 0.241 e. The van der Waals surface area contributed by atoms with E-state index in [2.05, 4.69) is 4.72 Å². The first kappa shape index (κ1) is 17.0. The summed E-state index contributed by atoms with van der Waals surface area (Å²) in [7, 11) is -3.65. The molecule has 0 aromatic heterocycles. The monoisotopic (exact) mass is 322 g/mol. The summed E-state index contributed by atoms with van der Waals surface area (Å²) in [4.78, 5) is 0.179. The van der Waals surface area contributed by atoms with E-state index in [4.69, 9.17) is 15.2 Å². The molecule has 1 aliphatic heterocycles. The molecule has 2 rings (SSSR count). The molecule has 0 radical (unpaired) electrons. The van der Waals surface area contributed by atoms with Crippen molar-refractivity contribution >= 4 is 22.4 Å². The van der Waals surface area contributed by atoms with Gasteiger partial charge in [-0.3, -0.25) is 0 Å². The zero-order chi connectivity index (χ0) is 14.3. The van der Waals surface area contributed by atoms with Crippen LogP contribution in [0.15, 0.2) is 17.0 Å². The average molecular weight is 323 g/mol. The number of aryl methyl sites for hydroxylation is 1. The van der Waals surface area contributed by atoms with Crippen LogP contribution in [0.25, 0.3) is 0 Å². The van der Waals surface area contributed by atoms with Crippen molar-refractivity contribution in [1.29, 1.82) is 0 Å². The van der Waals surface area contributed by atoms with Gasteiger partial charge in [-0.1, -0.05) is 0 Å². The number of fused-ring (bicyclic) bond motifs is 1. The molecule has 6 nitrogen and oxygen atoms in total. The second-order valence-electron chi connectivity index (χ2n) is 5.16. The Morgan fingerprint density at radius 3 is 2.40 bits per heavy atom. The molecule has 0 unspecified atom stereocenters. The summed E-state index contributed by atoms with van der Waals surface area (Å²) in [5.41, 5.74) is 5.44. The molecule has 0 spiro atoms. The van der Waals surface area contributed by atoms with E-state index in [9.17, 15) is 8.42 Å². The lowest BCUT2D eigenvalue weighted by molar-refractivity contribution is 0.174. The van der Waals surface area contributed by atoms with E-state index >= 15 is 0 Å². The first-order chi connectivity index (χ1) is 8.75. The average Bonchev–Trinajstić information content (AvgIpc) is 2.73. The number of benzene rings is 1. The molecule has 3 N–H and O–H groups in total. The molecule has 1 aromatic carbocycles. The minimum atomic E-state index is -3.65. The van der Waals surface area contributed by atoms with Gasteiger partial charge in [-0.25, -0.2) is 13.1 Å². The maximum absolute atomic E-state index is 12.4. The molecule has 1 heterocycles. The van der Waals surface area contributed by atoms with Gasteiger partial charge in [0.05, 0.1) is 4.90 Å². The third kappa shape index (κ3) is 3.35. The number of nitrogens with two attached hydrogens (primary N) is 1. The fraction of sp³-hybridized carbons (Fsp3) is 0.500. The molecule has 8 heteroatoms. The maximum Gasteiger partial charge on any atom is 0.241 e. The van der Waals surface area contributed by atoms with Crippen LogP contribution in [0.3, 0.4) is 0 Å². The summed E-state index contributed by atoms with van der Waals surface area (Å²) in [5.74, 6) is 1.01. The molecule has 0 bridgehead atoms. The first-order valence-electron chi connectivity index (χ1n) is 5.89. The fourth-order valence-corrected chi connectivity index (χ4v) is 3.44. The Balaban J connectivity index is 0.00000200. The van der Waals surface area contributed by atoms with E-state index in [-0.39, 0.29) is 30.6 Å². The number of sulfonamides is 1. The van der Waals surface area contributed by atoms with Crippen LogP contribution in [0.1, 0.15) is 19.4 Å². The molecule has 20 heavy (non-hydrogen) atoms. The van der Waals surface area contributed by atoms with Crippen molar-refractivity contribution in [3.05, 3.63) is 17.7 Å². The Hall–Kier alpha value is -1.02. The van der Waals surface area contributed by atoms with Gasteiger partial charge in [-0.2, -0.15) is 0 Å². The van der Waals surface area contributed by atoms with Crippen LogP contribution >= 0.6 is 12.4 Å². The van der Waals surface area contributed by atoms with Gasteiger partial charge in [-0.15, -0.1) is 12.4 Å². The Morgan fingerprint density at radius 2 is 1.85 bits per heavy atom. The highest BCUT2D eigenvalue weighted by atomic mass is 35.5. The van der Waals surface area contributed by atoms with Crippen molar-refractivity contribution in [2.24, 2.45) is 5.73 Å². The predicted octanol–water partition coefficient (Wildman–Crippen LogP) is 1.16. The third-order valence-electron chi connectivity index (χ3n) is 2.88. The molecule has 0 fully saturated rings. The van der Waals surface area contributed by atoms with Crippen LogP contribution in [-0.2, 0) is 10.0 Å². The van der Waals surface area contributed by atoms with Crippen molar-refractivity contribution in [2.75, 3.05) is 13.3 Å². The lowest BCUT2D eigenvalue weighted by Crippen LogP contribution is -2.48. The molecule has 1 aromatic rings. The Bertz CT molecular complexity index is 602. The SMILES string of the molecule is Cc1cc2c(cc1S(=O)(=O)NC(C)(C)CN)OCO2.Cl. The minimum absolute atomic E-state index is 0. The van der Waals surface area contributed by atoms with Crippen molar-refractivity contribution in [2.45, 2.75) is 31.2 Å². The molecule has 0 aliphatic carbocycles. The topological polar surface area (TPSA) is 90.7 Å². The zero-order valence-corrected chi connectivity index (χ0v) is 13.2. The zero-order valence-electron chi connectivity index (χ0n) is 11.6. The summed E-state index contributed by atoms with van der Waals surface area (Å²) in [5, 5.41) is 0. The number of hydrogen-bond acceptors (Lipinski definition) is 5. The molecule has 0 atom stereocenters. The molecular formula is C12H19ClN2O4S. The van der Waals surface area contributed by atoms with E-state index < -0.39 is 15.6 Å². The van der Waals surface area contributed by atoms with Crippen molar-refractivity contribution in [3.8, 4) is 11.5 Å². The number of hydrogen-bond donors (Lipinski definition) is 2. The van der Waals surface area contributed by atoms with Gasteiger partial charge in [0.15, 0.2) is 11.5 Å². The minimum Gasteiger partial charge on any atom is -0.454 e. The van der Waals surface area contributed by atoms with Crippen LogP contribution in [0.4, 0.5) is 0 Å². The fourth-order valence-electron chi connectivity index (χ4n) is 1.77. The van der Waals surface area contributed by atoms with Gasteiger partial charge in [0.1, 0.15) is 0 Å². The molecule has 0 amide bonds. The van der Waals surface area contributed by atoms with Gasteiger partial charge in [-0.05, 0) is 32.4 Å². The molecule has 1 aliphatic rings. The standard InChI is InChI=1S/C12H18N2O4S.ClH/c1-8-4-9-10(18-7-17-9)5-11(8)19(15,16)14-12(2,3)6-13;/h4-5,14H,6-7,13H2,1-3H3;1H. The first-order valence-corrected chi connectivity index (χ1v) is 7.38. The van der Waals surface area contributed by atoms with E-state index in [1.54, 1.807) is 26.8 Å². The van der Waals surface area contributed by atoms with Crippen molar-refractivity contribution in [1.82, 2.24) is 4.72 Å². The van der Waals surface area contributed by atoms with Crippen LogP contribution in [0.5, 0.6) is 11.5 Å². The molecule has 0 saturated heterocycles. The van der Waals surface area contributed by atoms with Crippen molar-refractivity contribution < 1.29 is 17.9 Å². The van der Waals surface area contributed by atoms with Crippen LogP contribution < -0.4 is 19.9 Å². The summed E-state index contributed by atoms with van der Waals surface area (Å²) < 4.78 is 37.7. The summed E-state index contributed by atoms with van der Waals surface area (Å²) >= 11 is 0. The summed E-state index contributed by atoms with van der Waals surface area (Å²) in [6, 6.07) is 3.14. The molecular weight excluding hydrogens is 304 g/mol. The van der Waals surface area contributed by atoms with Crippen LogP contribution in [0.2, 0.25) is 0 Å². The number of rotatable bonds is 4. The lowest BCUT2D eigenvalue weighted by atomic mass is 10.1. The molecule has 0 saturated carbocycles. The largest absolute Gasteiger partial charge is 0.454 e. The Labute approximate surface area is 125 Å². The number of halogens is 1. The third-order valence-corrected chi connectivity index (χ3v) is 4.72. The predicted molar refractivity (Wildman–Crippen MR) is 78.0 cm³/mol. The van der Waals surface area contributed by atoms with Crippen molar-refractivity contribution in [3.63, 3.8) is 0 Å². The summed E-state index contributed by atoms with van der Waals surface area (Å²) in [6.45, 7) is 5.49. The van der Waals surface area contributed by atoms with E-state index in [1.165, 1.54) is 6.07 Å². The molecule has 114 valence electrons. The highest BCUT2D eigenvalue weighted by molar-refractivity contribution is 7.89. The van der Waals surface area contributed by atoms with Crippen LogP contribution in [0, 0.1) is 6.92 Å². The highest BCUT2D eigenvalue weighted by Gasteiger charge is 2.28. The number of nitrogens with one attached hydrogen (secondary N) is 1. The number of ether oxygens (including phenoxy) is 2. The van der Waals surface area contributed by atoms with Gasteiger partial charge in [0.2, 0.25) is 16.8 Å². The van der Waals surface area contributed by atoms with E-state index in [0.29, 0.717) is 17.1 Å². The normalized spacial score (nSPS) is 14.0. The van der Waals surface area contributed by atoms with E-state index in [0.717, 1.165) is 0 Å². The lowest BCUT2D eigenvalue weighted by Gasteiger charge is -2.24. The Kier molecular flexibility index (Phi) is 4.91. The van der Waals surface area contributed by atoms with Gasteiger partial charge in [0.25, 0.3) is 0 Å². The Morgan fingerprint density at radius 1 is 1.30 bits per heavy atom. The van der Waals surface area contributed by atoms with E-state index in [1.807, 2.05) is 0 Å². The van der Waals surface area contributed by atoms with Gasteiger partial charge >= 0.3 is 0 Å². The van der Waals surface area contributed by atoms with Crippen LogP contribution in [-0.4, -0.2) is 27.3 Å². The van der Waals surface area contributed by atoms with Gasteiger partial charge < -0.3 is 15.2 Å². The highest BCUT2D eigenvalue weighted by Crippen LogP contribution is 2.36. The quantitative estimate of drug-likeness (QED) is 0.868. The maximum atomic E-state index is 12.4. The van der Waals surface area contributed by atoms with Gasteiger partial charge in [0, 0.05) is 18.2 Å². The second-order valence-corrected chi connectivity index (χ2v) is 6.82.